The molecule has 1 heterocycles. The summed E-state index contributed by atoms with van der Waals surface area (Å²) >= 11 is 0. The highest BCUT2D eigenvalue weighted by Gasteiger charge is 2.17. The van der Waals surface area contributed by atoms with Crippen LogP contribution in [0.3, 0.4) is 0 Å². The number of hydrogen-bond donors (Lipinski definition) is 1. The Labute approximate surface area is 104 Å². The maximum Gasteiger partial charge on any atom is 0.156 e. The molecule has 4 heteroatoms. The van der Waals surface area contributed by atoms with Gasteiger partial charge in [-0.1, -0.05) is 20.8 Å². The second kappa shape index (κ2) is 5.96. The molecule has 0 unspecified atom stereocenters. The molecule has 1 rings (SSSR count). The number of aromatic nitrogens is 2. The predicted octanol–water partition coefficient (Wildman–Crippen LogP) is 2.74. The van der Waals surface area contributed by atoms with Gasteiger partial charge in [0.15, 0.2) is 5.82 Å². The van der Waals surface area contributed by atoms with Crippen molar-refractivity contribution in [1.82, 2.24) is 9.97 Å². The monoisotopic (exact) mass is 237 g/mol. The first-order chi connectivity index (χ1) is 7.97. The van der Waals surface area contributed by atoms with Gasteiger partial charge < -0.3 is 10.1 Å². The van der Waals surface area contributed by atoms with E-state index in [1.807, 2.05) is 13.0 Å². The van der Waals surface area contributed by atoms with Gasteiger partial charge in [0.2, 0.25) is 0 Å². The molecule has 1 aromatic rings. The van der Waals surface area contributed by atoms with Gasteiger partial charge in [-0.25, -0.2) is 9.97 Å². The zero-order valence-electron chi connectivity index (χ0n) is 11.5. The maximum absolute atomic E-state index is 5.37. The van der Waals surface area contributed by atoms with E-state index in [9.17, 15) is 0 Å². The zero-order valence-corrected chi connectivity index (χ0v) is 11.5. The summed E-state index contributed by atoms with van der Waals surface area (Å²) in [7, 11) is 0. The third kappa shape index (κ3) is 4.30. The van der Waals surface area contributed by atoms with Crippen molar-refractivity contribution >= 4 is 5.82 Å². The van der Waals surface area contributed by atoms with E-state index in [1.54, 1.807) is 0 Å². The van der Waals surface area contributed by atoms with Crippen LogP contribution < -0.4 is 5.32 Å². The summed E-state index contributed by atoms with van der Waals surface area (Å²) in [5, 5.41) is 3.23. The Morgan fingerprint density at radius 2 is 1.94 bits per heavy atom. The number of rotatable bonds is 5. The Morgan fingerprint density at radius 1 is 1.24 bits per heavy atom. The van der Waals surface area contributed by atoms with Crippen molar-refractivity contribution in [3.8, 4) is 0 Å². The van der Waals surface area contributed by atoms with Crippen molar-refractivity contribution in [2.24, 2.45) is 0 Å². The topological polar surface area (TPSA) is 47.0 Å². The van der Waals surface area contributed by atoms with Gasteiger partial charge in [0, 0.05) is 24.6 Å². The van der Waals surface area contributed by atoms with Gasteiger partial charge in [-0.15, -0.1) is 0 Å². The van der Waals surface area contributed by atoms with Gasteiger partial charge in [-0.2, -0.15) is 0 Å². The second-order valence-corrected chi connectivity index (χ2v) is 4.97. The molecule has 1 aromatic heterocycles. The highest BCUT2D eigenvalue weighted by Crippen LogP contribution is 2.22. The number of nitrogens with zero attached hydrogens (tertiary/aromatic N) is 2. The number of nitrogens with one attached hydrogen (secondary N) is 1. The molecule has 1 N–H and O–H groups in total. The molecule has 17 heavy (non-hydrogen) atoms. The molecule has 0 aromatic carbocycles. The van der Waals surface area contributed by atoms with E-state index in [0.717, 1.165) is 23.9 Å². The lowest BCUT2D eigenvalue weighted by molar-refractivity contribution is 0.128. The van der Waals surface area contributed by atoms with Crippen molar-refractivity contribution in [1.29, 1.82) is 0 Å². The molecule has 0 saturated carbocycles. The molecule has 0 amide bonds. The van der Waals surface area contributed by atoms with Crippen LogP contribution in [-0.4, -0.2) is 23.1 Å². The fourth-order valence-corrected chi connectivity index (χ4v) is 1.41. The fourth-order valence-electron chi connectivity index (χ4n) is 1.41. The van der Waals surface area contributed by atoms with Crippen LogP contribution in [-0.2, 0) is 16.8 Å². The van der Waals surface area contributed by atoms with E-state index in [1.165, 1.54) is 0 Å². The summed E-state index contributed by atoms with van der Waals surface area (Å²) in [4.78, 5) is 8.98. The molecular weight excluding hydrogens is 214 g/mol. The van der Waals surface area contributed by atoms with Crippen LogP contribution in [0.5, 0.6) is 0 Å². The SMILES string of the molecule is CCNc1cc(C(C)(C)C)nc(COCC)n1. The molecule has 0 aliphatic rings. The minimum atomic E-state index is 0.0219. The van der Waals surface area contributed by atoms with Crippen LogP contribution >= 0.6 is 0 Å². The van der Waals surface area contributed by atoms with E-state index >= 15 is 0 Å². The number of hydrogen-bond acceptors (Lipinski definition) is 4. The molecule has 4 nitrogen and oxygen atoms in total. The number of ether oxygens (including phenoxy) is 1. The molecule has 0 bridgehead atoms. The van der Waals surface area contributed by atoms with Gasteiger partial charge in [0.05, 0.1) is 5.69 Å². The lowest BCUT2D eigenvalue weighted by Gasteiger charge is -2.19. The third-order valence-electron chi connectivity index (χ3n) is 2.33. The normalized spacial score (nSPS) is 11.6. The minimum Gasteiger partial charge on any atom is -0.374 e. The molecule has 0 spiro atoms. The summed E-state index contributed by atoms with van der Waals surface area (Å²) < 4.78 is 5.37. The van der Waals surface area contributed by atoms with Gasteiger partial charge in [0.25, 0.3) is 0 Å². The average Bonchev–Trinajstić information content (AvgIpc) is 2.25. The third-order valence-corrected chi connectivity index (χ3v) is 2.33. The smallest absolute Gasteiger partial charge is 0.156 e. The predicted molar refractivity (Wildman–Crippen MR) is 70.2 cm³/mol. The molecule has 96 valence electrons. The van der Waals surface area contributed by atoms with Gasteiger partial charge in [-0.05, 0) is 13.8 Å². The molecule has 0 aliphatic heterocycles. The van der Waals surface area contributed by atoms with Crippen molar-refractivity contribution in [3.63, 3.8) is 0 Å². The first kappa shape index (κ1) is 13.9. The Balaban J connectivity index is 3.01. The van der Waals surface area contributed by atoms with E-state index in [4.69, 9.17) is 4.74 Å². The maximum atomic E-state index is 5.37. The summed E-state index contributed by atoms with van der Waals surface area (Å²) in [6.07, 6.45) is 0. The summed E-state index contributed by atoms with van der Waals surface area (Å²) in [6.45, 7) is 12.5. The van der Waals surface area contributed by atoms with Crippen LogP contribution in [0.25, 0.3) is 0 Å². The van der Waals surface area contributed by atoms with Crippen LogP contribution in [0.2, 0.25) is 0 Å². The molecule has 0 radical (unpaired) electrons. The fraction of sp³-hybridized carbons (Fsp3) is 0.692. The number of anilines is 1. The quantitative estimate of drug-likeness (QED) is 0.855. The first-order valence-electron chi connectivity index (χ1n) is 6.17. The molecule has 0 aliphatic carbocycles. The Morgan fingerprint density at radius 3 is 2.47 bits per heavy atom. The zero-order chi connectivity index (χ0) is 12.9. The standard InChI is InChI=1S/C13H23N3O/c1-6-14-11-8-10(13(3,4)5)15-12(16-11)9-17-7-2/h8H,6-7,9H2,1-5H3,(H,14,15,16). The van der Waals surface area contributed by atoms with E-state index in [0.29, 0.717) is 13.2 Å². The molecule has 0 atom stereocenters. The molecule has 0 fully saturated rings. The van der Waals surface area contributed by atoms with Crippen molar-refractivity contribution < 1.29 is 4.74 Å². The van der Waals surface area contributed by atoms with E-state index < -0.39 is 0 Å². The highest BCUT2D eigenvalue weighted by atomic mass is 16.5. The van der Waals surface area contributed by atoms with Crippen LogP contribution in [0.15, 0.2) is 6.07 Å². The minimum absolute atomic E-state index is 0.0219. The van der Waals surface area contributed by atoms with Crippen LogP contribution in [0.1, 0.15) is 46.1 Å². The van der Waals surface area contributed by atoms with Crippen LogP contribution in [0.4, 0.5) is 5.82 Å². The summed E-state index contributed by atoms with van der Waals surface area (Å²) in [6, 6.07) is 2.01. The van der Waals surface area contributed by atoms with Crippen molar-refractivity contribution in [2.45, 2.75) is 46.6 Å². The summed E-state index contributed by atoms with van der Waals surface area (Å²) in [5.74, 6) is 1.62. The molecule has 0 saturated heterocycles. The Bertz CT molecular complexity index is 358. The van der Waals surface area contributed by atoms with E-state index in [2.05, 4.69) is 43.0 Å². The second-order valence-electron chi connectivity index (χ2n) is 4.97. The van der Waals surface area contributed by atoms with Gasteiger partial charge >= 0.3 is 0 Å². The van der Waals surface area contributed by atoms with Crippen molar-refractivity contribution in [2.75, 3.05) is 18.5 Å². The lowest BCUT2D eigenvalue weighted by atomic mass is 9.92. The Kier molecular flexibility index (Phi) is 4.87. The van der Waals surface area contributed by atoms with Crippen molar-refractivity contribution in [3.05, 3.63) is 17.6 Å². The Hall–Kier alpha value is -1.16. The highest BCUT2D eigenvalue weighted by molar-refractivity contribution is 5.37. The summed E-state index contributed by atoms with van der Waals surface area (Å²) in [5.41, 5.74) is 1.06. The molecular formula is C13H23N3O. The first-order valence-corrected chi connectivity index (χ1v) is 6.17. The van der Waals surface area contributed by atoms with E-state index in [-0.39, 0.29) is 5.41 Å². The van der Waals surface area contributed by atoms with Gasteiger partial charge in [0.1, 0.15) is 12.4 Å². The largest absolute Gasteiger partial charge is 0.374 e. The van der Waals surface area contributed by atoms with Crippen LogP contribution in [0, 0.1) is 0 Å². The lowest BCUT2D eigenvalue weighted by Crippen LogP contribution is -2.17. The van der Waals surface area contributed by atoms with Gasteiger partial charge in [-0.3, -0.25) is 0 Å². The average molecular weight is 237 g/mol.